The number of primary amides is 1. The minimum atomic E-state index is -0.325. The minimum Gasteiger partial charge on any atom is -0.368 e. The summed E-state index contributed by atoms with van der Waals surface area (Å²) in [7, 11) is 1.80. The summed E-state index contributed by atoms with van der Waals surface area (Å²) in [6.07, 6.45) is 2.76. The zero-order chi connectivity index (χ0) is 16.1. The van der Waals surface area contributed by atoms with Gasteiger partial charge in [-0.15, -0.1) is 0 Å². The van der Waals surface area contributed by atoms with Crippen LogP contribution in [0.25, 0.3) is 0 Å². The molecule has 1 aliphatic rings. The first-order valence-electron chi connectivity index (χ1n) is 7.80. The van der Waals surface area contributed by atoms with Crippen LogP contribution < -0.4 is 5.73 Å². The fourth-order valence-electron chi connectivity index (χ4n) is 2.85. The summed E-state index contributed by atoms with van der Waals surface area (Å²) in [5.74, 6) is -0.303. The van der Waals surface area contributed by atoms with Crippen molar-refractivity contribution in [2.75, 3.05) is 20.1 Å². The highest BCUT2D eigenvalue weighted by molar-refractivity contribution is 5.82. The minimum absolute atomic E-state index is 0.0220. The van der Waals surface area contributed by atoms with Crippen LogP contribution in [0.4, 0.5) is 0 Å². The van der Waals surface area contributed by atoms with Gasteiger partial charge in [-0.3, -0.25) is 14.5 Å². The van der Waals surface area contributed by atoms with Gasteiger partial charge in [0.05, 0.1) is 12.6 Å². The van der Waals surface area contributed by atoms with E-state index in [1.165, 1.54) is 5.56 Å². The summed E-state index contributed by atoms with van der Waals surface area (Å²) in [4.78, 5) is 27.5. The van der Waals surface area contributed by atoms with Crippen LogP contribution in [0.15, 0.2) is 24.3 Å². The number of benzene rings is 1. The van der Waals surface area contributed by atoms with E-state index in [4.69, 9.17) is 5.73 Å². The van der Waals surface area contributed by atoms with Gasteiger partial charge in [0, 0.05) is 13.6 Å². The molecule has 5 heteroatoms. The number of likely N-dealkylation sites (N-methyl/N-ethyl adjacent to an activating group) is 1. The van der Waals surface area contributed by atoms with Crippen molar-refractivity contribution in [3.63, 3.8) is 0 Å². The highest BCUT2D eigenvalue weighted by Crippen LogP contribution is 2.17. The van der Waals surface area contributed by atoms with Crippen molar-refractivity contribution in [3.8, 4) is 0 Å². The van der Waals surface area contributed by atoms with E-state index in [0.717, 1.165) is 31.4 Å². The van der Waals surface area contributed by atoms with E-state index in [0.29, 0.717) is 6.54 Å². The molecule has 0 spiro atoms. The Labute approximate surface area is 132 Å². The summed E-state index contributed by atoms with van der Waals surface area (Å²) in [6, 6.07) is 7.85. The second-order valence-corrected chi connectivity index (χ2v) is 6.12. The Morgan fingerprint density at radius 2 is 1.95 bits per heavy atom. The molecule has 0 saturated carbocycles. The quantitative estimate of drug-likeness (QED) is 0.891. The average molecular weight is 303 g/mol. The van der Waals surface area contributed by atoms with E-state index in [9.17, 15) is 9.59 Å². The molecule has 1 atom stereocenters. The standard InChI is InChI=1S/C17H25N3O2/c1-13-6-8-14(9-7-13)11-19(2)16(21)12-20-10-4-3-5-15(20)17(18)22/h6-9,15H,3-5,10-12H2,1-2H3,(H2,18,22). The summed E-state index contributed by atoms with van der Waals surface area (Å²) in [5, 5.41) is 0. The monoisotopic (exact) mass is 303 g/mol. The number of nitrogens with two attached hydrogens (primary N) is 1. The third kappa shape index (κ3) is 4.31. The van der Waals surface area contributed by atoms with E-state index < -0.39 is 0 Å². The van der Waals surface area contributed by atoms with E-state index in [1.807, 2.05) is 36.1 Å². The Balaban J connectivity index is 1.92. The first-order valence-corrected chi connectivity index (χ1v) is 7.80. The van der Waals surface area contributed by atoms with Crippen molar-refractivity contribution >= 4 is 11.8 Å². The first kappa shape index (κ1) is 16.5. The fourth-order valence-corrected chi connectivity index (χ4v) is 2.85. The molecule has 0 bridgehead atoms. The van der Waals surface area contributed by atoms with Crippen LogP contribution in [-0.4, -0.2) is 47.8 Å². The summed E-state index contributed by atoms with van der Waals surface area (Å²) in [5.41, 5.74) is 7.75. The number of aryl methyl sites for hydroxylation is 1. The number of hydrogen-bond donors (Lipinski definition) is 1. The normalized spacial score (nSPS) is 18.9. The largest absolute Gasteiger partial charge is 0.368 e. The van der Waals surface area contributed by atoms with Crippen molar-refractivity contribution in [2.45, 2.75) is 38.8 Å². The summed E-state index contributed by atoms with van der Waals surface area (Å²) >= 11 is 0. The van der Waals surface area contributed by atoms with Crippen molar-refractivity contribution < 1.29 is 9.59 Å². The second-order valence-electron chi connectivity index (χ2n) is 6.12. The lowest BCUT2D eigenvalue weighted by molar-refractivity contribution is -0.134. The molecule has 0 aliphatic carbocycles. The van der Waals surface area contributed by atoms with E-state index >= 15 is 0 Å². The molecule has 0 radical (unpaired) electrons. The zero-order valence-electron chi connectivity index (χ0n) is 13.4. The topological polar surface area (TPSA) is 66.6 Å². The fraction of sp³-hybridized carbons (Fsp3) is 0.529. The predicted octanol–water partition coefficient (Wildman–Crippen LogP) is 1.29. The molecule has 1 aliphatic heterocycles. The van der Waals surface area contributed by atoms with Gasteiger partial charge in [0.1, 0.15) is 0 Å². The lowest BCUT2D eigenvalue weighted by Gasteiger charge is -2.34. The number of amides is 2. The molecule has 1 heterocycles. The van der Waals surface area contributed by atoms with Gasteiger partial charge in [0.2, 0.25) is 11.8 Å². The van der Waals surface area contributed by atoms with Gasteiger partial charge in [-0.05, 0) is 31.9 Å². The van der Waals surface area contributed by atoms with Gasteiger partial charge in [-0.1, -0.05) is 36.2 Å². The van der Waals surface area contributed by atoms with Crippen molar-refractivity contribution in [1.29, 1.82) is 0 Å². The summed E-state index contributed by atoms with van der Waals surface area (Å²) < 4.78 is 0. The molecule has 1 saturated heterocycles. The first-order chi connectivity index (χ1) is 10.5. The van der Waals surface area contributed by atoms with E-state index in [2.05, 4.69) is 0 Å². The Kier molecular flexibility index (Phi) is 5.55. The van der Waals surface area contributed by atoms with Crippen LogP contribution in [0.2, 0.25) is 0 Å². The Hall–Kier alpha value is -1.88. The van der Waals surface area contributed by atoms with Gasteiger partial charge in [0.25, 0.3) is 0 Å². The molecule has 1 unspecified atom stereocenters. The number of hydrogen-bond acceptors (Lipinski definition) is 3. The maximum Gasteiger partial charge on any atom is 0.236 e. The van der Waals surface area contributed by atoms with Crippen molar-refractivity contribution in [2.24, 2.45) is 5.73 Å². The van der Waals surface area contributed by atoms with Crippen LogP contribution >= 0.6 is 0 Å². The molecule has 2 amide bonds. The molecule has 2 N–H and O–H groups in total. The molecule has 22 heavy (non-hydrogen) atoms. The molecular weight excluding hydrogens is 278 g/mol. The number of rotatable bonds is 5. The number of carbonyl (C=O) groups excluding carboxylic acids is 2. The van der Waals surface area contributed by atoms with Gasteiger partial charge < -0.3 is 10.6 Å². The molecular formula is C17H25N3O2. The smallest absolute Gasteiger partial charge is 0.236 e. The van der Waals surface area contributed by atoms with Gasteiger partial charge in [-0.2, -0.15) is 0 Å². The zero-order valence-corrected chi connectivity index (χ0v) is 13.4. The number of likely N-dealkylation sites (tertiary alicyclic amines) is 1. The molecule has 2 rings (SSSR count). The van der Waals surface area contributed by atoms with Gasteiger partial charge in [-0.25, -0.2) is 0 Å². The molecule has 1 fully saturated rings. The van der Waals surface area contributed by atoms with Crippen molar-refractivity contribution in [1.82, 2.24) is 9.80 Å². The van der Waals surface area contributed by atoms with E-state index in [1.54, 1.807) is 11.9 Å². The van der Waals surface area contributed by atoms with E-state index in [-0.39, 0.29) is 24.4 Å². The Morgan fingerprint density at radius 1 is 1.27 bits per heavy atom. The molecule has 0 aromatic heterocycles. The lowest BCUT2D eigenvalue weighted by atomic mass is 10.0. The van der Waals surface area contributed by atoms with Crippen LogP contribution in [0.3, 0.4) is 0 Å². The number of nitrogens with zero attached hydrogens (tertiary/aromatic N) is 2. The molecule has 1 aromatic rings. The highest BCUT2D eigenvalue weighted by atomic mass is 16.2. The van der Waals surface area contributed by atoms with Gasteiger partial charge in [0.15, 0.2) is 0 Å². The van der Waals surface area contributed by atoms with Gasteiger partial charge >= 0.3 is 0 Å². The second kappa shape index (κ2) is 7.40. The Morgan fingerprint density at radius 3 is 2.59 bits per heavy atom. The number of carbonyl (C=O) groups is 2. The lowest BCUT2D eigenvalue weighted by Crippen LogP contribution is -2.51. The number of piperidine rings is 1. The average Bonchev–Trinajstić information content (AvgIpc) is 2.49. The van der Waals surface area contributed by atoms with Crippen LogP contribution in [0, 0.1) is 6.92 Å². The predicted molar refractivity (Wildman–Crippen MR) is 86.1 cm³/mol. The molecule has 5 nitrogen and oxygen atoms in total. The SMILES string of the molecule is Cc1ccc(CN(C)C(=O)CN2CCCCC2C(N)=O)cc1. The third-order valence-electron chi connectivity index (χ3n) is 4.25. The summed E-state index contributed by atoms with van der Waals surface area (Å²) in [6.45, 7) is 3.64. The van der Waals surface area contributed by atoms with Crippen LogP contribution in [0.1, 0.15) is 30.4 Å². The van der Waals surface area contributed by atoms with Crippen LogP contribution in [0.5, 0.6) is 0 Å². The van der Waals surface area contributed by atoms with Crippen molar-refractivity contribution in [3.05, 3.63) is 35.4 Å². The Bertz CT molecular complexity index is 527. The highest BCUT2D eigenvalue weighted by Gasteiger charge is 2.28. The molecule has 120 valence electrons. The van der Waals surface area contributed by atoms with Crippen LogP contribution in [-0.2, 0) is 16.1 Å². The third-order valence-corrected chi connectivity index (χ3v) is 4.25. The maximum absolute atomic E-state index is 12.4. The maximum atomic E-state index is 12.4. The molecule has 1 aromatic carbocycles.